The van der Waals surface area contributed by atoms with Crippen molar-refractivity contribution in [2.24, 2.45) is 5.92 Å². The first-order chi connectivity index (χ1) is 16.0. The standard InChI is InChI=1S/C19H24Cl2N6O6S/c20-14-9-13(10-15(21)17(14)22)34(32,33)24-4-1-16(26-8-5-23-19(26)27(30)31)18(29)25-6-2-12(11-28)3-7-25/h5,8-10,12,16,24,28H,1-4,6-7,11,22H2. The number of hydrogen-bond donors (Lipinski definition) is 3. The highest BCUT2D eigenvalue weighted by Gasteiger charge is 2.34. The van der Waals surface area contributed by atoms with E-state index in [1.54, 1.807) is 4.90 Å². The molecule has 0 bridgehead atoms. The van der Waals surface area contributed by atoms with Gasteiger partial charge in [0.1, 0.15) is 12.4 Å². The number of rotatable bonds is 9. The third-order valence-corrected chi connectivity index (χ3v) is 7.76. The molecule has 0 spiro atoms. The monoisotopic (exact) mass is 534 g/mol. The fourth-order valence-electron chi connectivity index (χ4n) is 3.75. The van der Waals surface area contributed by atoms with Gasteiger partial charge in [0, 0.05) is 32.7 Å². The van der Waals surface area contributed by atoms with Crippen LogP contribution in [-0.2, 0) is 14.8 Å². The SMILES string of the molecule is Nc1c(Cl)cc(S(=O)(=O)NCCC(C(=O)N2CCC(CO)CC2)n2ccnc2[N+](=O)[O-])cc1Cl. The Morgan fingerprint density at radius 1 is 1.32 bits per heavy atom. The number of amides is 1. The predicted octanol–water partition coefficient (Wildman–Crippen LogP) is 1.82. The molecule has 1 aromatic heterocycles. The van der Waals surface area contributed by atoms with E-state index in [4.69, 9.17) is 28.9 Å². The van der Waals surface area contributed by atoms with Gasteiger partial charge in [-0.25, -0.2) is 17.7 Å². The van der Waals surface area contributed by atoms with Crippen LogP contribution in [0.5, 0.6) is 0 Å². The normalized spacial score (nSPS) is 15.9. The zero-order valence-electron chi connectivity index (χ0n) is 17.9. The zero-order valence-corrected chi connectivity index (χ0v) is 20.3. The number of nitrogens with zero attached hydrogens (tertiary/aromatic N) is 4. The van der Waals surface area contributed by atoms with Crippen LogP contribution in [0.4, 0.5) is 11.6 Å². The molecule has 0 aliphatic carbocycles. The van der Waals surface area contributed by atoms with Crippen LogP contribution in [0, 0.1) is 16.0 Å². The second-order valence-corrected chi connectivity index (χ2v) is 10.4. The largest absolute Gasteiger partial charge is 0.435 e. The molecule has 12 nitrogen and oxygen atoms in total. The van der Waals surface area contributed by atoms with Crippen LogP contribution in [0.3, 0.4) is 0 Å². The summed E-state index contributed by atoms with van der Waals surface area (Å²) < 4.78 is 28.9. The van der Waals surface area contributed by atoms with E-state index in [1.165, 1.54) is 12.4 Å². The third-order valence-electron chi connectivity index (χ3n) is 5.69. The van der Waals surface area contributed by atoms with E-state index in [-0.39, 0.29) is 46.1 Å². The van der Waals surface area contributed by atoms with Crippen LogP contribution < -0.4 is 10.5 Å². The highest BCUT2D eigenvalue weighted by molar-refractivity contribution is 7.89. The first kappa shape index (κ1) is 26.2. The molecule has 4 N–H and O–H groups in total. The minimum absolute atomic E-state index is 0.0266. The van der Waals surface area contributed by atoms with Gasteiger partial charge in [0.25, 0.3) is 5.91 Å². The average molecular weight is 535 g/mol. The van der Waals surface area contributed by atoms with Crippen molar-refractivity contribution in [1.82, 2.24) is 19.2 Å². The number of nitrogens with one attached hydrogen (secondary N) is 1. The number of imidazole rings is 1. The molecule has 0 saturated carbocycles. The van der Waals surface area contributed by atoms with Crippen LogP contribution in [0.15, 0.2) is 29.4 Å². The molecule has 1 aromatic carbocycles. The van der Waals surface area contributed by atoms with E-state index in [0.29, 0.717) is 25.9 Å². The van der Waals surface area contributed by atoms with E-state index < -0.39 is 32.8 Å². The number of piperidine rings is 1. The number of carbonyl (C=O) groups is 1. The summed E-state index contributed by atoms with van der Waals surface area (Å²) in [5, 5.41) is 20.7. The van der Waals surface area contributed by atoms with Gasteiger partial charge < -0.3 is 25.9 Å². The number of aliphatic hydroxyl groups excluding tert-OH is 1. The van der Waals surface area contributed by atoms with Gasteiger partial charge in [0.2, 0.25) is 10.0 Å². The van der Waals surface area contributed by atoms with Crippen molar-refractivity contribution in [3.63, 3.8) is 0 Å². The van der Waals surface area contributed by atoms with Crippen LogP contribution in [0.25, 0.3) is 0 Å². The molecule has 2 heterocycles. The number of aromatic nitrogens is 2. The Morgan fingerprint density at radius 2 is 1.94 bits per heavy atom. The van der Waals surface area contributed by atoms with Gasteiger partial charge in [-0.05, 0) is 35.8 Å². The average Bonchev–Trinajstić information content (AvgIpc) is 3.29. The minimum atomic E-state index is -4.06. The molecule has 15 heteroatoms. The number of nitrogen functional groups attached to an aromatic ring is 1. The molecule has 2 aromatic rings. The van der Waals surface area contributed by atoms with Gasteiger partial charge in [-0.15, -0.1) is 0 Å². The van der Waals surface area contributed by atoms with Crippen molar-refractivity contribution >= 4 is 50.8 Å². The lowest BCUT2D eigenvalue weighted by atomic mass is 9.97. The summed E-state index contributed by atoms with van der Waals surface area (Å²) >= 11 is 11.9. The first-order valence-corrected chi connectivity index (χ1v) is 12.6. The Morgan fingerprint density at radius 3 is 2.50 bits per heavy atom. The fraction of sp³-hybridized carbons (Fsp3) is 0.474. The van der Waals surface area contributed by atoms with Crippen molar-refractivity contribution in [2.75, 3.05) is 32.0 Å². The summed E-state index contributed by atoms with van der Waals surface area (Å²) in [6.07, 6.45) is 3.65. The highest BCUT2D eigenvalue weighted by atomic mass is 35.5. The highest BCUT2D eigenvalue weighted by Crippen LogP contribution is 2.31. The number of nitrogens with two attached hydrogens (primary N) is 1. The lowest BCUT2D eigenvalue weighted by molar-refractivity contribution is -0.397. The van der Waals surface area contributed by atoms with Crippen molar-refractivity contribution in [2.45, 2.75) is 30.2 Å². The van der Waals surface area contributed by atoms with Gasteiger partial charge in [-0.1, -0.05) is 28.2 Å². The molecule has 0 radical (unpaired) electrons. The van der Waals surface area contributed by atoms with Crippen LogP contribution in [0.2, 0.25) is 10.0 Å². The van der Waals surface area contributed by atoms with E-state index in [9.17, 15) is 28.4 Å². The smallest absolute Gasteiger partial charge is 0.396 e. The van der Waals surface area contributed by atoms with Gasteiger partial charge >= 0.3 is 5.95 Å². The van der Waals surface area contributed by atoms with Crippen molar-refractivity contribution in [3.05, 3.63) is 44.7 Å². The van der Waals surface area contributed by atoms with Crippen molar-refractivity contribution in [3.8, 4) is 0 Å². The fourth-order valence-corrected chi connectivity index (χ4v) is 5.46. The lowest BCUT2D eigenvalue weighted by Crippen LogP contribution is -2.43. The number of halogens is 2. The lowest BCUT2D eigenvalue weighted by Gasteiger charge is -2.33. The van der Waals surface area contributed by atoms with Crippen LogP contribution in [-0.4, -0.2) is 65.0 Å². The molecule has 1 amide bonds. The molecule has 34 heavy (non-hydrogen) atoms. The van der Waals surface area contributed by atoms with Gasteiger partial charge in [-0.2, -0.15) is 0 Å². The van der Waals surface area contributed by atoms with E-state index in [2.05, 4.69) is 9.71 Å². The van der Waals surface area contributed by atoms with E-state index in [1.807, 2.05) is 0 Å². The summed E-state index contributed by atoms with van der Waals surface area (Å²) in [5.41, 5.74) is 5.70. The molecule has 186 valence electrons. The molecule has 1 aliphatic rings. The maximum absolute atomic E-state index is 13.3. The Hall–Kier alpha value is -2.45. The maximum Gasteiger partial charge on any atom is 0.435 e. The molecule has 1 saturated heterocycles. The molecule has 3 rings (SSSR count). The summed E-state index contributed by atoms with van der Waals surface area (Å²) in [4.78, 5) is 29.0. The molecular weight excluding hydrogens is 511 g/mol. The molecule has 1 aliphatic heterocycles. The Labute approximate surface area is 205 Å². The van der Waals surface area contributed by atoms with Crippen LogP contribution >= 0.6 is 23.2 Å². The summed E-state index contributed by atoms with van der Waals surface area (Å²) in [7, 11) is -4.06. The topological polar surface area (TPSA) is 174 Å². The summed E-state index contributed by atoms with van der Waals surface area (Å²) in [5.74, 6) is -0.825. The number of hydrogen-bond acceptors (Lipinski definition) is 8. The molecule has 1 unspecified atom stereocenters. The summed E-state index contributed by atoms with van der Waals surface area (Å²) in [6, 6.07) is 1.24. The Balaban J connectivity index is 1.79. The Bertz CT molecular complexity index is 1140. The van der Waals surface area contributed by atoms with Gasteiger partial charge in [0.05, 0.1) is 20.6 Å². The Kier molecular flexibility index (Phi) is 8.36. The second kappa shape index (κ2) is 10.9. The number of sulfonamides is 1. The van der Waals surface area contributed by atoms with E-state index in [0.717, 1.165) is 16.7 Å². The quantitative estimate of drug-likeness (QED) is 0.248. The minimum Gasteiger partial charge on any atom is -0.396 e. The summed E-state index contributed by atoms with van der Waals surface area (Å²) in [6.45, 7) is 0.592. The number of anilines is 1. The van der Waals surface area contributed by atoms with Crippen LogP contribution in [0.1, 0.15) is 25.3 Å². The number of carbonyl (C=O) groups excluding carboxylic acids is 1. The maximum atomic E-state index is 13.3. The van der Waals surface area contributed by atoms with Gasteiger partial charge in [-0.3, -0.25) is 4.79 Å². The first-order valence-electron chi connectivity index (χ1n) is 10.4. The number of likely N-dealkylation sites (tertiary alicyclic amines) is 1. The van der Waals surface area contributed by atoms with E-state index >= 15 is 0 Å². The molecular formula is C19H24Cl2N6O6S. The third kappa shape index (κ3) is 5.78. The van der Waals surface area contributed by atoms with Crippen molar-refractivity contribution < 1.29 is 23.2 Å². The number of benzene rings is 1. The molecule has 1 atom stereocenters. The van der Waals surface area contributed by atoms with Crippen molar-refractivity contribution in [1.29, 1.82) is 0 Å². The zero-order chi connectivity index (χ0) is 25.0. The number of nitro groups is 1. The molecule has 1 fully saturated rings. The van der Waals surface area contributed by atoms with Gasteiger partial charge in [0.15, 0.2) is 6.04 Å². The number of aliphatic hydroxyl groups is 1. The predicted molar refractivity (Wildman–Crippen MR) is 125 cm³/mol. The second-order valence-electron chi connectivity index (χ2n) is 7.85.